The van der Waals surface area contributed by atoms with Crippen molar-refractivity contribution in [3.8, 4) is 27.9 Å². The Bertz CT molecular complexity index is 2440. The second-order valence-corrected chi connectivity index (χ2v) is 10.8. The van der Waals surface area contributed by atoms with E-state index in [1.165, 1.54) is 21.5 Å². The van der Waals surface area contributed by atoms with E-state index in [9.17, 15) is 0 Å². The highest BCUT2D eigenvalue weighted by Gasteiger charge is 2.18. The van der Waals surface area contributed by atoms with Gasteiger partial charge < -0.3 is 4.57 Å². The summed E-state index contributed by atoms with van der Waals surface area (Å²) in [6.45, 7) is 0. The molecule has 0 unspecified atom stereocenters. The Morgan fingerprint density at radius 3 is 1.63 bits per heavy atom. The molecule has 0 spiro atoms. The molecule has 0 atom stereocenters. The minimum atomic E-state index is 0.915. The van der Waals surface area contributed by atoms with Crippen LogP contribution in [0.2, 0.25) is 0 Å². The topological polar surface area (TPSA) is 56.5 Å². The molecular weight excluding hydrogens is 526 g/mol. The summed E-state index contributed by atoms with van der Waals surface area (Å²) in [4.78, 5) is 18.1. The van der Waals surface area contributed by atoms with Gasteiger partial charge in [0.2, 0.25) is 0 Å². The summed E-state index contributed by atoms with van der Waals surface area (Å²) in [6.07, 6.45) is 10.9. The van der Waals surface area contributed by atoms with Gasteiger partial charge in [0.05, 0.1) is 22.1 Å². The summed E-state index contributed by atoms with van der Waals surface area (Å²) < 4.78 is 2.39. The number of hydrogen-bond donors (Lipinski definition) is 0. The maximum absolute atomic E-state index is 4.85. The molecule has 0 radical (unpaired) electrons. The van der Waals surface area contributed by atoms with Crippen molar-refractivity contribution in [1.82, 2.24) is 24.5 Å². The van der Waals surface area contributed by atoms with Gasteiger partial charge in [-0.1, -0.05) is 42.5 Å². The number of hydrogen-bond acceptors (Lipinski definition) is 4. The van der Waals surface area contributed by atoms with Crippen molar-refractivity contribution in [2.75, 3.05) is 0 Å². The fourth-order valence-corrected chi connectivity index (χ4v) is 6.53. The molecule has 0 aliphatic carbocycles. The fourth-order valence-electron chi connectivity index (χ4n) is 6.53. The van der Waals surface area contributed by atoms with Gasteiger partial charge in [-0.3, -0.25) is 19.9 Å². The molecular formula is C38H23N5. The molecule has 43 heavy (non-hydrogen) atoms. The average molecular weight is 550 g/mol. The second-order valence-electron chi connectivity index (χ2n) is 10.8. The molecule has 0 saturated carbocycles. The molecule has 0 fully saturated rings. The Balaban J connectivity index is 1.43. The molecule has 9 rings (SSSR count). The van der Waals surface area contributed by atoms with Crippen LogP contribution in [-0.4, -0.2) is 24.5 Å². The van der Waals surface area contributed by atoms with Crippen LogP contribution in [0.1, 0.15) is 0 Å². The molecule has 200 valence electrons. The van der Waals surface area contributed by atoms with Crippen LogP contribution in [0.25, 0.3) is 82.3 Å². The molecule has 0 saturated heterocycles. The largest absolute Gasteiger partial charge is 0.309 e. The third-order valence-electron chi connectivity index (χ3n) is 8.44. The monoisotopic (exact) mass is 549 g/mol. The van der Waals surface area contributed by atoms with E-state index < -0.39 is 0 Å². The van der Waals surface area contributed by atoms with Crippen molar-refractivity contribution in [2.45, 2.75) is 0 Å². The molecule has 0 aliphatic rings. The zero-order valence-corrected chi connectivity index (χ0v) is 23.0. The molecule has 0 amide bonds. The first-order valence-electron chi connectivity index (χ1n) is 14.3. The van der Waals surface area contributed by atoms with Crippen molar-refractivity contribution in [3.63, 3.8) is 0 Å². The maximum Gasteiger partial charge on any atom is 0.0972 e. The number of fused-ring (bicyclic) bond motifs is 9. The second kappa shape index (κ2) is 9.29. The Morgan fingerprint density at radius 1 is 0.372 bits per heavy atom. The lowest BCUT2D eigenvalue weighted by molar-refractivity contribution is 1.18. The highest BCUT2D eigenvalue weighted by atomic mass is 15.0. The summed E-state index contributed by atoms with van der Waals surface area (Å²) in [7, 11) is 0. The van der Waals surface area contributed by atoms with E-state index in [1.807, 2.05) is 24.8 Å². The third kappa shape index (κ3) is 3.65. The summed E-state index contributed by atoms with van der Waals surface area (Å²) in [5.41, 5.74) is 9.69. The molecule has 4 heterocycles. The van der Waals surface area contributed by atoms with Gasteiger partial charge in [-0.15, -0.1) is 0 Å². The molecule has 9 aromatic rings. The van der Waals surface area contributed by atoms with Gasteiger partial charge in [0, 0.05) is 64.4 Å². The number of rotatable bonds is 3. The smallest absolute Gasteiger partial charge is 0.0972 e. The molecule has 5 nitrogen and oxygen atoms in total. The Hall–Kier alpha value is -5.94. The van der Waals surface area contributed by atoms with Crippen LogP contribution < -0.4 is 0 Å². The van der Waals surface area contributed by atoms with Crippen LogP contribution in [0, 0.1) is 0 Å². The minimum absolute atomic E-state index is 0.915. The van der Waals surface area contributed by atoms with Gasteiger partial charge in [-0.05, 0) is 93.7 Å². The maximum atomic E-state index is 4.85. The average Bonchev–Trinajstić information content (AvgIpc) is 3.41. The molecule has 5 heteroatoms. The zero-order valence-electron chi connectivity index (χ0n) is 23.0. The van der Waals surface area contributed by atoms with Crippen LogP contribution in [-0.2, 0) is 0 Å². The van der Waals surface area contributed by atoms with Gasteiger partial charge >= 0.3 is 0 Å². The Morgan fingerprint density at radius 2 is 0.953 bits per heavy atom. The Kier molecular flexibility index (Phi) is 5.13. The lowest BCUT2D eigenvalue weighted by Crippen LogP contribution is -1.96. The first-order valence-corrected chi connectivity index (χ1v) is 14.3. The van der Waals surface area contributed by atoms with Gasteiger partial charge in [0.1, 0.15) is 0 Å². The Labute approximate surface area is 246 Å². The number of nitrogens with zero attached hydrogens (tertiary/aromatic N) is 5. The lowest BCUT2D eigenvalue weighted by Gasteiger charge is -2.14. The lowest BCUT2D eigenvalue weighted by atomic mass is 9.97. The van der Waals surface area contributed by atoms with Crippen LogP contribution in [0.4, 0.5) is 0 Å². The molecule has 0 aliphatic heterocycles. The van der Waals surface area contributed by atoms with E-state index in [2.05, 4.69) is 118 Å². The first kappa shape index (κ1) is 23.7. The summed E-state index contributed by atoms with van der Waals surface area (Å²) in [5, 5.41) is 7.00. The van der Waals surface area contributed by atoms with Crippen LogP contribution in [0.3, 0.4) is 0 Å². The fraction of sp³-hybridized carbons (Fsp3) is 0. The summed E-state index contributed by atoms with van der Waals surface area (Å²) >= 11 is 0. The van der Waals surface area contributed by atoms with E-state index >= 15 is 0 Å². The van der Waals surface area contributed by atoms with Gasteiger partial charge in [-0.25, -0.2) is 0 Å². The zero-order chi connectivity index (χ0) is 28.3. The first-order chi connectivity index (χ1) is 21.3. The number of aromatic nitrogens is 5. The van der Waals surface area contributed by atoms with Crippen LogP contribution >= 0.6 is 0 Å². The van der Waals surface area contributed by atoms with Crippen molar-refractivity contribution >= 4 is 54.4 Å². The van der Waals surface area contributed by atoms with Crippen molar-refractivity contribution in [3.05, 3.63) is 140 Å². The summed E-state index contributed by atoms with van der Waals surface area (Å²) in [5.74, 6) is 0. The predicted octanol–water partition coefficient (Wildman–Crippen LogP) is 9.16. The SMILES string of the molecule is c1ccc2c(c1)c1cc3c4ccccc4n(-c4cc(-c5ccncc5)cc(-c5ccncc5)c4)c3cc1c1nccnc21. The predicted molar refractivity (Wildman–Crippen MR) is 175 cm³/mol. The molecule has 4 aromatic heterocycles. The van der Waals surface area contributed by atoms with Crippen LogP contribution in [0.15, 0.2) is 140 Å². The van der Waals surface area contributed by atoms with E-state index in [1.54, 1.807) is 12.4 Å². The standard InChI is InChI=1S/C38H23N5/c1-2-7-31-29(5-1)32-22-33-30-6-3-4-8-35(30)43(36(33)23-34(32)38-37(31)41-17-18-42-38)28-20-26(24-9-13-39-14-10-24)19-27(21-28)25-11-15-40-16-12-25/h1-23H. The van der Waals surface area contributed by atoms with Gasteiger partial charge in [0.25, 0.3) is 0 Å². The normalized spacial score (nSPS) is 11.7. The molecule has 0 N–H and O–H groups in total. The van der Waals surface area contributed by atoms with Gasteiger partial charge in [0.15, 0.2) is 0 Å². The van der Waals surface area contributed by atoms with Crippen molar-refractivity contribution < 1.29 is 0 Å². The highest BCUT2D eigenvalue weighted by Crippen LogP contribution is 2.41. The summed E-state index contributed by atoms with van der Waals surface area (Å²) in [6, 6.07) is 36.9. The minimum Gasteiger partial charge on any atom is -0.309 e. The third-order valence-corrected chi connectivity index (χ3v) is 8.44. The number of benzene rings is 5. The number of para-hydroxylation sites is 1. The van der Waals surface area contributed by atoms with E-state index in [0.717, 1.165) is 60.8 Å². The molecule has 5 aromatic carbocycles. The van der Waals surface area contributed by atoms with Crippen LogP contribution in [0.5, 0.6) is 0 Å². The van der Waals surface area contributed by atoms with E-state index in [4.69, 9.17) is 9.97 Å². The quantitative estimate of drug-likeness (QED) is 0.206. The molecule has 0 bridgehead atoms. The van der Waals surface area contributed by atoms with Crippen molar-refractivity contribution in [2.24, 2.45) is 0 Å². The van der Waals surface area contributed by atoms with Gasteiger partial charge in [-0.2, -0.15) is 0 Å². The van der Waals surface area contributed by atoms with Crippen molar-refractivity contribution in [1.29, 1.82) is 0 Å². The van der Waals surface area contributed by atoms with E-state index in [-0.39, 0.29) is 0 Å². The highest BCUT2D eigenvalue weighted by molar-refractivity contribution is 6.27. The van der Waals surface area contributed by atoms with E-state index in [0.29, 0.717) is 0 Å². The number of pyridine rings is 2.